The Hall–Kier alpha value is -1.75. The zero-order chi connectivity index (χ0) is 18.8. The van der Waals surface area contributed by atoms with E-state index in [2.05, 4.69) is 4.72 Å². The van der Waals surface area contributed by atoms with Gasteiger partial charge in [0.2, 0.25) is 10.0 Å². The Kier molecular flexibility index (Phi) is 5.99. The number of hydrogen-bond donors (Lipinski definition) is 2. The molecule has 1 aromatic rings. The van der Waals surface area contributed by atoms with Gasteiger partial charge in [0.25, 0.3) is 5.69 Å². The standard InChI is InChI=1S/C14H18ClN3O6S/c1-2-17(8-14(19)20)11-6-10(7-11)16-25(23,24)13-5-9(15)3-4-12(13)18(21)22/h3-5,10-11,16H,2,6-8H2,1H3,(H,19,20). The second kappa shape index (κ2) is 7.65. The van der Waals surface area contributed by atoms with Gasteiger partial charge in [0.1, 0.15) is 0 Å². The molecular weight excluding hydrogens is 374 g/mol. The molecule has 1 fully saturated rings. The molecule has 2 rings (SSSR count). The highest BCUT2D eigenvalue weighted by Gasteiger charge is 2.37. The first kappa shape index (κ1) is 19.6. The Morgan fingerprint density at radius 2 is 2.12 bits per heavy atom. The molecule has 0 amide bonds. The molecule has 138 valence electrons. The predicted octanol–water partition coefficient (Wildman–Crippen LogP) is 1.46. The van der Waals surface area contributed by atoms with E-state index in [1.54, 1.807) is 4.90 Å². The molecule has 0 spiro atoms. The van der Waals surface area contributed by atoms with E-state index in [4.69, 9.17) is 16.7 Å². The number of carboxylic acids is 1. The molecule has 1 saturated carbocycles. The van der Waals surface area contributed by atoms with Gasteiger partial charge in [-0.2, -0.15) is 0 Å². The van der Waals surface area contributed by atoms with Crippen LogP contribution in [0, 0.1) is 10.1 Å². The SMILES string of the molecule is CCN(CC(=O)O)C1CC(NS(=O)(=O)c2cc(Cl)ccc2[N+](=O)[O-])C1. The fourth-order valence-corrected chi connectivity index (χ4v) is 4.49. The minimum Gasteiger partial charge on any atom is -0.480 e. The van der Waals surface area contributed by atoms with Gasteiger partial charge in [-0.05, 0) is 31.5 Å². The highest BCUT2D eigenvalue weighted by atomic mass is 35.5. The summed E-state index contributed by atoms with van der Waals surface area (Å²) in [7, 11) is -4.11. The molecule has 0 heterocycles. The van der Waals surface area contributed by atoms with Crippen molar-refractivity contribution in [3.63, 3.8) is 0 Å². The molecule has 0 saturated heterocycles. The number of nitro benzene ring substituents is 1. The first-order valence-electron chi connectivity index (χ1n) is 7.56. The van der Waals surface area contributed by atoms with E-state index in [1.807, 2.05) is 6.92 Å². The highest BCUT2D eigenvalue weighted by Crippen LogP contribution is 2.30. The van der Waals surface area contributed by atoms with Crippen molar-refractivity contribution in [3.05, 3.63) is 33.3 Å². The zero-order valence-corrected chi connectivity index (χ0v) is 15.0. The van der Waals surface area contributed by atoms with Crippen molar-refractivity contribution in [3.8, 4) is 0 Å². The predicted molar refractivity (Wildman–Crippen MR) is 90.1 cm³/mol. The minimum absolute atomic E-state index is 0.0388. The largest absolute Gasteiger partial charge is 0.480 e. The van der Waals surface area contributed by atoms with E-state index >= 15 is 0 Å². The van der Waals surface area contributed by atoms with Crippen molar-refractivity contribution in [2.75, 3.05) is 13.1 Å². The first-order chi connectivity index (χ1) is 11.6. The van der Waals surface area contributed by atoms with E-state index in [9.17, 15) is 23.3 Å². The number of nitrogens with one attached hydrogen (secondary N) is 1. The molecule has 25 heavy (non-hydrogen) atoms. The lowest BCUT2D eigenvalue weighted by atomic mass is 9.86. The summed E-state index contributed by atoms with van der Waals surface area (Å²) < 4.78 is 27.3. The van der Waals surface area contributed by atoms with Crippen LogP contribution in [0.4, 0.5) is 5.69 Å². The second-order valence-corrected chi connectivity index (χ2v) is 7.89. The molecule has 11 heteroatoms. The van der Waals surface area contributed by atoms with Crippen LogP contribution in [-0.4, -0.2) is 54.5 Å². The Bertz CT molecular complexity index is 779. The second-order valence-electron chi connectivity index (χ2n) is 5.77. The number of hydrogen-bond acceptors (Lipinski definition) is 6. The number of nitro groups is 1. The molecule has 1 aliphatic carbocycles. The summed E-state index contributed by atoms with van der Waals surface area (Å²) >= 11 is 5.77. The van der Waals surface area contributed by atoms with Crippen LogP contribution in [0.1, 0.15) is 19.8 Å². The van der Waals surface area contributed by atoms with E-state index in [0.29, 0.717) is 19.4 Å². The van der Waals surface area contributed by atoms with Gasteiger partial charge < -0.3 is 5.11 Å². The van der Waals surface area contributed by atoms with Gasteiger partial charge in [0.15, 0.2) is 4.90 Å². The molecule has 0 aromatic heterocycles. The Balaban J connectivity index is 2.08. The lowest BCUT2D eigenvalue weighted by Gasteiger charge is -2.42. The number of rotatable bonds is 8. The number of carbonyl (C=O) groups is 1. The summed E-state index contributed by atoms with van der Waals surface area (Å²) in [6, 6.07) is 2.90. The van der Waals surface area contributed by atoms with Crippen LogP contribution in [0.2, 0.25) is 5.02 Å². The van der Waals surface area contributed by atoms with Crippen LogP contribution < -0.4 is 4.72 Å². The van der Waals surface area contributed by atoms with Gasteiger partial charge in [-0.1, -0.05) is 18.5 Å². The van der Waals surface area contributed by atoms with Crippen LogP contribution in [-0.2, 0) is 14.8 Å². The Morgan fingerprint density at radius 1 is 1.48 bits per heavy atom. The number of sulfonamides is 1. The number of aliphatic carboxylic acids is 1. The maximum Gasteiger partial charge on any atom is 0.317 e. The topological polar surface area (TPSA) is 130 Å². The van der Waals surface area contributed by atoms with Crippen LogP contribution in [0.25, 0.3) is 0 Å². The summed E-state index contributed by atoms with van der Waals surface area (Å²) in [5, 5.41) is 20.0. The van der Waals surface area contributed by atoms with E-state index in [-0.39, 0.29) is 17.6 Å². The highest BCUT2D eigenvalue weighted by molar-refractivity contribution is 7.89. The number of halogens is 1. The van der Waals surface area contributed by atoms with Crippen LogP contribution >= 0.6 is 11.6 Å². The molecule has 0 atom stereocenters. The van der Waals surface area contributed by atoms with Crippen molar-refractivity contribution in [2.24, 2.45) is 0 Å². The van der Waals surface area contributed by atoms with Crippen molar-refractivity contribution >= 4 is 33.3 Å². The smallest absolute Gasteiger partial charge is 0.317 e. The van der Waals surface area contributed by atoms with Crippen LogP contribution in [0.5, 0.6) is 0 Å². The Morgan fingerprint density at radius 3 is 2.64 bits per heavy atom. The monoisotopic (exact) mass is 391 g/mol. The summed E-state index contributed by atoms with van der Waals surface area (Å²) in [5.74, 6) is -0.944. The number of likely N-dealkylation sites (N-methyl/N-ethyl adjacent to an activating group) is 1. The number of carboxylic acid groups (broad SMARTS) is 1. The van der Waals surface area contributed by atoms with Crippen LogP contribution in [0.15, 0.2) is 23.1 Å². The van der Waals surface area contributed by atoms with Gasteiger partial charge >= 0.3 is 5.97 Å². The molecule has 0 radical (unpaired) electrons. The summed E-state index contributed by atoms with van der Waals surface area (Å²) in [6.07, 6.45) is 0.878. The fraction of sp³-hybridized carbons (Fsp3) is 0.500. The van der Waals surface area contributed by atoms with Crippen molar-refractivity contribution in [2.45, 2.75) is 36.7 Å². The van der Waals surface area contributed by atoms with Crippen LogP contribution in [0.3, 0.4) is 0 Å². The molecule has 1 aliphatic rings. The molecule has 0 aliphatic heterocycles. The maximum absolute atomic E-state index is 12.5. The van der Waals surface area contributed by atoms with Gasteiger partial charge in [-0.25, -0.2) is 13.1 Å². The van der Waals surface area contributed by atoms with Gasteiger partial charge in [0, 0.05) is 23.2 Å². The molecule has 0 unspecified atom stereocenters. The van der Waals surface area contributed by atoms with E-state index < -0.39 is 37.5 Å². The third kappa shape index (κ3) is 4.66. The quantitative estimate of drug-likeness (QED) is 0.506. The van der Waals surface area contributed by atoms with E-state index in [1.165, 1.54) is 6.07 Å². The third-order valence-electron chi connectivity index (χ3n) is 4.10. The number of benzene rings is 1. The lowest BCUT2D eigenvalue weighted by molar-refractivity contribution is -0.387. The molecule has 0 bridgehead atoms. The van der Waals surface area contributed by atoms with Gasteiger partial charge in [-0.3, -0.25) is 19.8 Å². The maximum atomic E-state index is 12.5. The van der Waals surface area contributed by atoms with Gasteiger partial charge in [-0.15, -0.1) is 0 Å². The number of nitrogens with zero attached hydrogens (tertiary/aromatic N) is 2. The van der Waals surface area contributed by atoms with E-state index in [0.717, 1.165) is 12.1 Å². The molecule has 1 aromatic carbocycles. The molecule has 9 nitrogen and oxygen atoms in total. The van der Waals surface area contributed by atoms with Crippen molar-refractivity contribution in [1.29, 1.82) is 0 Å². The third-order valence-corrected chi connectivity index (χ3v) is 5.89. The summed E-state index contributed by atoms with van der Waals surface area (Å²) in [5.41, 5.74) is -0.547. The van der Waals surface area contributed by atoms with Gasteiger partial charge in [0.05, 0.1) is 11.5 Å². The summed E-state index contributed by atoms with van der Waals surface area (Å²) in [6.45, 7) is 2.26. The Labute approximate surface area is 149 Å². The van der Waals surface area contributed by atoms with Crippen molar-refractivity contribution in [1.82, 2.24) is 9.62 Å². The fourth-order valence-electron chi connectivity index (χ4n) is 2.79. The lowest BCUT2D eigenvalue weighted by Crippen LogP contribution is -2.54. The zero-order valence-electron chi connectivity index (χ0n) is 13.4. The average Bonchev–Trinajstić information content (AvgIpc) is 2.48. The average molecular weight is 392 g/mol. The first-order valence-corrected chi connectivity index (χ1v) is 9.42. The summed E-state index contributed by atoms with van der Waals surface area (Å²) in [4.78, 5) is 22.3. The molecular formula is C14H18ClN3O6S. The molecule has 2 N–H and O–H groups in total. The normalized spacial score (nSPS) is 20.3. The minimum atomic E-state index is -4.11. The van der Waals surface area contributed by atoms with Crippen molar-refractivity contribution < 1.29 is 23.2 Å².